The minimum Gasteiger partial charge on any atom is -0.370 e. The number of nitriles is 1. The monoisotopic (exact) mass is 515 g/mol. The van der Waals surface area contributed by atoms with E-state index in [1.165, 1.54) is 5.56 Å². The molecular formula is C27H26BrN5O. The Morgan fingerprint density at radius 3 is 2.53 bits per heavy atom. The van der Waals surface area contributed by atoms with Gasteiger partial charge in [-0.3, -0.25) is 4.79 Å². The van der Waals surface area contributed by atoms with Crippen LogP contribution in [-0.4, -0.2) is 27.4 Å². The van der Waals surface area contributed by atoms with Gasteiger partial charge in [0.15, 0.2) is 0 Å². The van der Waals surface area contributed by atoms with Gasteiger partial charge in [0, 0.05) is 42.1 Å². The Hall–Kier alpha value is -3.37. The lowest BCUT2D eigenvalue weighted by Crippen LogP contribution is -2.36. The first-order valence-corrected chi connectivity index (χ1v) is 12.3. The van der Waals surface area contributed by atoms with E-state index in [2.05, 4.69) is 58.1 Å². The zero-order chi connectivity index (χ0) is 24.0. The molecule has 0 saturated carbocycles. The number of anilines is 1. The second-order valence-corrected chi connectivity index (χ2v) is 9.91. The first kappa shape index (κ1) is 22.4. The van der Waals surface area contributed by atoms with Crippen molar-refractivity contribution in [2.75, 3.05) is 18.0 Å². The summed E-state index contributed by atoms with van der Waals surface area (Å²) in [5.74, 6) is 0.348. The second kappa shape index (κ2) is 8.77. The molecule has 4 aromatic rings. The maximum Gasteiger partial charge on any atom is 0.270 e. The Kier molecular flexibility index (Phi) is 5.78. The van der Waals surface area contributed by atoms with Crippen molar-refractivity contribution in [1.82, 2.24) is 14.3 Å². The minimum absolute atomic E-state index is 0.221. The van der Waals surface area contributed by atoms with Crippen molar-refractivity contribution >= 4 is 32.5 Å². The first-order valence-electron chi connectivity index (χ1n) is 11.5. The SMILES string of the molecule is Cc1cc2c(N3CCC(c4ccn(-c5ccccc5C)n4)CC3)c(C#N)c(=O)n(C)c2cc1Br. The van der Waals surface area contributed by atoms with Crippen molar-refractivity contribution in [3.05, 3.63) is 85.9 Å². The molecular weight excluding hydrogens is 490 g/mol. The summed E-state index contributed by atoms with van der Waals surface area (Å²) in [4.78, 5) is 15.2. The van der Waals surface area contributed by atoms with Gasteiger partial charge in [-0.15, -0.1) is 0 Å². The molecule has 5 rings (SSSR count). The average molecular weight is 516 g/mol. The molecule has 2 aromatic heterocycles. The lowest BCUT2D eigenvalue weighted by atomic mass is 9.92. The lowest BCUT2D eigenvalue weighted by Gasteiger charge is -2.34. The van der Waals surface area contributed by atoms with Crippen molar-refractivity contribution < 1.29 is 0 Å². The van der Waals surface area contributed by atoms with Crippen LogP contribution in [0.25, 0.3) is 16.6 Å². The summed E-state index contributed by atoms with van der Waals surface area (Å²) >= 11 is 3.59. The van der Waals surface area contributed by atoms with E-state index in [9.17, 15) is 10.1 Å². The molecule has 7 heteroatoms. The molecule has 6 nitrogen and oxygen atoms in total. The van der Waals surface area contributed by atoms with Gasteiger partial charge in [0.25, 0.3) is 5.56 Å². The Labute approximate surface area is 207 Å². The normalized spacial score (nSPS) is 14.5. The highest BCUT2D eigenvalue weighted by Crippen LogP contribution is 2.36. The van der Waals surface area contributed by atoms with E-state index in [4.69, 9.17) is 5.10 Å². The topological polar surface area (TPSA) is 66.8 Å². The fourth-order valence-corrected chi connectivity index (χ4v) is 5.32. The molecule has 0 amide bonds. The van der Waals surface area contributed by atoms with Gasteiger partial charge in [-0.05, 0) is 62.1 Å². The standard InChI is InChI=1S/C27H26BrN5O/c1-17-6-4-5-7-24(17)33-13-10-23(30-33)19-8-11-32(12-9-19)26-20-14-18(2)22(28)15-25(20)31(3)27(34)21(26)16-29/h4-7,10,13-15,19H,8-9,11-12H2,1-3H3. The van der Waals surface area contributed by atoms with Gasteiger partial charge in [0.2, 0.25) is 0 Å². The number of fused-ring (bicyclic) bond motifs is 1. The molecule has 1 saturated heterocycles. The molecule has 0 aliphatic carbocycles. The highest BCUT2D eigenvalue weighted by molar-refractivity contribution is 9.10. The molecule has 2 aromatic carbocycles. The highest BCUT2D eigenvalue weighted by atomic mass is 79.9. The van der Waals surface area contributed by atoms with Gasteiger partial charge in [0.1, 0.15) is 11.6 Å². The van der Waals surface area contributed by atoms with Gasteiger partial charge in [-0.2, -0.15) is 10.4 Å². The van der Waals surface area contributed by atoms with E-state index in [0.29, 0.717) is 5.92 Å². The number of para-hydroxylation sites is 1. The lowest BCUT2D eigenvalue weighted by molar-refractivity contribution is 0.493. The summed E-state index contributed by atoms with van der Waals surface area (Å²) in [7, 11) is 1.73. The van der Waals surface area contributed by atoms with Crippen LogP contribution in [0.1, 0.15) is 41.1 Å². The van der Waals surface area contributed by atoms with Gasteiger partial charge >= 0.3 is 0 Å². The molecule has 0 unspecified atom stereocenters. The summed E-state index contributed by atoms with van der Waals surface area (Å²) in [5.41, 5.74) is 6.02. The fraction of sp³-hybridized carbons (Fsp3) is 0.296. The zero-order valence-electron chi connectivity index (χ0n) is 19.5. The van der Waals surface area contributed by atoms with Gasteiger partial charge in [0.05, 0.1) is 22.6 Å². The van der Waals surface area contributed by atoms with Crippen LogP contribution in [0.3, 0.4) is 0 Å². The molecule has 3 heterocycles. The molecule has 0 radical (unpaired) electrons. The number of hydrogen-bond acceptors (Lipinski definition) is 4. The third-order valence-corrected chi connectivity index (χ3v) is 7.82. The summed E-state index contributed by atoms with van der Waals surface area (Å²) in [5, 5.41) is 15.7. The van der Waals surface area contributed by atoms with Crippen LogP contribution in [0.4, 0.5) is 5.69 Å². The molecule has 1 aliphatic rings. The van der Waals surface area contributed by atoms with E-state index < -0.39 is 0 Å². The Morgan fingerprint density at radius 1 is 1.09 bits per heavy atom. The number of nitrogens with zero attached hydrogens (tertiary/aromatic N) is 5. The quantitative estimate of drug-likeness (QED) is 0.368. The second-order valence-electron chi connectivity index (χ2n) is 9.05. The molecule has 0 bridgehead atoms. The van der Waals surface area contributed by atoms with Crippen LogP contribution in [0.15, 0.2) is 57.9 Å². The number of benzene rings is 2. The van der Waals surface area contributed by atoms with Crippen LogP contribution in [0, 0.1) is 25.2 Å². The van der Waals surface area contributed by atoms with E-state index in [1.807, 2.05) is 36.0 Å². The highest BCUT2D eigenvalue weighted by Gasteiger charge is 2.27. The van der Waals surface area contributed by atoms with E-state index in [1.54, 1.807) is 11.6 Å². The molecule has 0 N–H and O–H groups in total. The molecule has 172 valence electrons. The van der Waals surface area contributed by atoms with Crippen molar-refractivity contribution in [1.29, 1.82) is 5.26 Å². The third-order valence-electron chi connectivity index (χ3n) is 6.96. The number of aromatic nitrogens is 3. The van der Waals surface area contributed by atoms with E-state index >= 15 is 0 Å². The van der Waals surface area contributed by atoms with Crippen LogP contribution in [0.5, 0.6) is 0 Å². The molecule has 1 fully saturated rings. The summed E-state index contributed by atoms with van der Waals surface area (Å²) < 4.78 is 4.49. The van der Waals surface area contributed by atoms with Crippen LogP contribution in [-0.2, 0) is 7.05 Å². The molecule has 0 spiro atoms. The first-order chi connectivity index (χ1) is 16.4. The minimum atomic E-state index is -0.250. The van der Waals surface area contributed by atoms with Crippen LogP contribution < -0.4 is 10.5 Å². The predicted molar refractivity (Wildman–Crippen MR) is 139 cm³/mol. The largest absolute Gasteiger partial charge is 0.370 e. The number of aryl methyl sites for hydroxylation is 3. The van der Waals surface area contributed by atoms with Crippen LogP contribution >= 0.6 is 15.9 Å². The van der Waals surface area contributed by atoms with Crippen molar-refractivity contribution in [2.24, 2.45) is 7.05 Å². The maximum absolute atomic E-state index is 13.0. The van der Waals surface area contributed by atoms with Gasteiger partial charge in [-0.25, -0.2) is 4.68 Å². The molecule has 0 atom stereocenters. The average Bonchev–Trinajstić information content (AvgIpc) is 3.33. The number of piperidine rings is 1. The Balaban J connectivity index is 1.46. The number of pyridine rings is 1. The third kappa shape index (κ3) is 3.72. The Bertz CT molecular complexity index is 1500. The van der Waals surface area contributed by atoms with E-state index in [0.717, 1.165) is 63.9 Å². The summed E-state index contributed by atoms with van der Waals surface area (Å²) in [6.07, 6.45) is 3.87. The van der Waals surface area contributed by atoms with E-state index in [-0.39, 0.29) is 11.1 Å². The van der Waals surface area contributed by atoms with Crippen LogP contribution in [0.2, 0.25) is 0 Å². The van der Waals surface area contributed by atoms with Gasteiger partial charge in [-0.1, -0.05) is 34.1 Å². The number of halogens is 1. The summed E-state index contributed by atoms with van der Waals surface area (Å²) in [6, 6.07) is 16.6. The Morgan fingerprint density at radius 2 is 1.82 bits per heavy atom. The maximum atomic E-state index is 13.0. The zero-order valence-corrected chi connectivity index (χ0v) is 21.1. The smallest absolute Gasteiger partial charge is 0.270 e. The van der Waals surface area contributed by atoms with Gasteiger partial charge < -0.3 is 9.47 Å². The van der Waals surface area contributed by atoms with Crippen molar-refractivity contribution in [2.45, 2.75) is 32.6 Å². The predicted octanol–water partition coefficient (Wildman–Crippen LogP) is 5.36. The molecule has 34 heavy (non-hydrogen) atoms. The number of hydrogen-bond donors (Lipinski definition) is 0. The van der Waals surface area contributed by atoms with Crippen molar-refractivity contribution in [3.8, 4) is 11.8 Å². The fourth-order valence-electron chi connectivity index (χ4n) is 4.99. The number of rotatable bonds is 3. The van der Waals surface area contributed by atoms with Crippen molar-refractivity contribution in [3.63, 3.8) is 0 Å². The molecule has 1 aliphatic heterocycles. The summed E-state index contributed by atoms with van der Waals surface area (Å²) in [6.45, 7) is 5.67.